The number of aryl methyl sites for hydroxylation is 1. The highest BCUT2D eigenvalue weighted by Gasteiger charge is 2.11. The van der Waals surface area contributed by atoms with E-state index in [0.717, 1.165) is 28.1 Å². The van der Waals surface area contributed by atoms with E-state index in [-0.39, 0.29) is 5.91 Å². The molecule has 3 heterocycles. The Labute approximate surface area is 178 Å². The first-order valence-electron chi connectivity index (χ1n) is 9.79. The average molecular weight is 406 g/mol. The van der Waals surface area contributed by atoms with Crippen LogP contribution in [0.2, 0.25) is 0 Å². The molecule has 0 aliphatic carbocycles. The van der Waals surface area contributed by atoms with E-state index in [1.807, 2.05) is 79.7 Å². The van der Waals surface area contributed by atoms with Gasteiger partial charge in [0.05, 0.1) is 5.69 Å². The van der Waals surface area contributed by atoms with Gasteiger partial charge in [0, 0.05) is 34.8 Å². The van der Waals surface area contributed by atoms with Crippen molar-refractivity contribution in [1.29, 1.82) is 0 Å². The van der Waals surface area contributed by atoms with E-state index in [2.05, 4.69) is 20.5 Å². The van der Waals surface area contributed by atoms with Gasteiger partial charge in [-0.1, -0.05) is 29.8 Å². The van der Waals surface area contributed by atoms with Crippen LogP contribution in [0.3, 0.4) is 0 Å². The maximum absolute atomic E-state index is 12.4. The molecule has 0 bridgehead atoms. The molecule has 0 radical (unpaired) electrons. The van der Waals surface area contributed by atoms with Crippen molar-refractivity contribution in [1.82, 2.24) is 24.8 Å². The van der Waals surface area contributed by atoms with Crippen LogP contribution in [0.1, 0.15) is 15.9 Å². The molecule has 5 aromatic rings. The fourth-order valence-corrected chi connectivity index (χ4v) is 3.26. The molecule has 5 rings (SSSR count). The van der Waals surface area contributed by atoms with E-state index >= 15 is 0 Å². The summed E-state index contributed by atoms with van der Waals surface area (Å²) in [5, 5.41) is 16.1. The van der Waals surface area contributed by atoms with Crippen molar-refractivity contribution in [3.05, 3.63) is 96.3 Å². The van der Waals surface area contributed by atoms with Gasteiger partial charge in [-0.2, -0.15) is 9.61 Å². The standard InChI is InChI=1S/C24H18N6O/c1-16-2-4-19(5-3-16)24(31)26-20-8-6-17(7-9-20)21-10-11-22-27-28-23(30(22)29-21)18-12-14-25-15-13-18/h2-15H,1H3,(H,26,31). The first-order chi connectivity index (χ1) is 15.2. The van der Waals surface area contributed by atoms with Crippen LogP contribution in [0.5, 0.6) is 0 Å². The molecule has 150 valence electrons. The second-order valence-electron chi connectivity index (χ2n) is 7.15. The molecule has 7 heteroatoms. The summed E-state index contributed by atoms with van der Waals surface area (Å²) in [6.45, 7) is 1.99. The van der Waals surface area contributed by atoms with Crippen molar-refractivity contribution in [3.8, 4) is 22.6 Å². The summed E-state index contributed by atoms with van der Waals surface area (Å²) >= 11 is 0. The highest BCUT2D eigenvalue weighted by atomic mass is 16.1. The van der Waals surface area contributed by atoms with Crippen LogP contribution in [-0.2, 0) is 0 Å². The molecule has 0 unspecified atom stereocenters. The summed E-state index contributed by atoms with van der Waals surface area (Å²) < 4.78 is 1.72. The number of nitrogens with one attached hydrogen (secondary N) is 1. The van der Waals surface area contributed by atoms with Crippen molar-refractivity contribution in [3.63, 3.8) is 0 Å². The van der Waals surface area contributed by atoms with Gasteiger partial charge in [-0.15, -0.1) is 10.2 Å². The van der Waals surface area contributed by atoms with E-state index in [4.69, 9.17) is 5.10 Å². The molecule has 7 nitrogen and oxygen atoms in total. The zero-order chi connectivity index (χ0) is 21.2. The molecule has 0 spiro atoms. The number of aromatic nitrogens is 5. The van der Waals surface area contributed by atoms with Crippen LogP contribution in [-0.4, -0.2) is 30.7 Å². The molecule has 1 amide bonds. The Morgan fingerprint density at radius 3 is 2.29 bits per heavy atom. The highest BCUT2D eigenvalue weighted by Crippen LogP contribution is 2.22. The number of carbonyl (C=O) groups is 1. The smallest absolute Gasteiger partial charge is 0.255 e. The van der Waals surface area contributed by atoms with Crippen molar-refractivity contribution in [2.75, 3.05) is 5.32 Å². The number of pyridine rings is 1. The second-order valence-corrected chi connectivity index (χ2v) is 7.15. The summed E-state index contributed by atoms with van der Waals surface area (Å²) in [7, 11) is 0. The van der Waals surface area contributed by atoms with Crippen LogP contribution in [0.15, 0.2) is 85.2 Å². The summed E-state index contributed by atoms with van der Waals surface area (Å²) in [5.41, 5.74) is 5.71. The lowest BCUT2D eigenvalue weighted by Crippen LogP contribution is -2.11. The van der Waals surface area contributed by atoms with E-state index in [9.17, 15) is 4.79 Å². The molecule has 0 aliphatic rings. The Morgan fingerprint density at radius 2 is 1.55 bits per heavy atom. The zero-order valence-electron chi connectivity index (χ0n) is 16.7. The number of rotatable bonds is 4. The molecule has 0 atom stereocenters. The highest BCUT2D eigenvalue weighted by molar-refractivity contribution is 6.04. The minimum Gasteiger partial charge on any atom is -0.322 e. The minimum absolute atomic E-state index is 0.140. The fourth-order valence-electron chi connectivity index (χ4n) is 3.26. The van der Waals surface area contributed by atoms with Crippen molar-refractivity contribution < 1.29 is 4.79 Å². The molecule has 3 aromatic heterocycles. The minimum atomic E-state index is -0.140. The van der Waals surface area contributed by atoms with E-state index in [1.54, 1.807) is 16.9 Å². The molecular weight excluding hydrogens is 388 g/mol. The Balaban J connectivity index is 1.40. The lowest BCUT2D eigenvalue weighted by molar-refractivity contribution is 0.102. The Morgan fingerprint density at radius 1 is 0.806 bits per heavy atom. The fraction of sp³-hybridized carbons (Fsp3) is 0.0417. The predicted molar refractivity (Wildman–Crippen MR) is 119 cm³/mol. The van der Waals surface area contributed by atoms with E-state index in [1.165, 1.54) is 0 Å². The van der Waals surface area contributed by atoms with Crippen LogP contribution in [0.25, 0.3) is 28.3 Å². The maximum atomic E-state index is 12.4. The molecular formula is C24H18N6O. The summed E-state index contributed by atoms with van der Waals surface area (Å²) in [5.74, 6) is 0.514. The van der Waals surface area contributed by atoms with Gasteiger partial charge in [-0.3, -0.25) is 9.78 Å². The van der Waals surface area contributed by atoms with Gasteiger partial charge in [0.2, 0.25) is 0 Å². The molecule has 0 saturated heterocycles. The monoisotopic (exact) mass is 406 g/mol. The molecule has 31 heavy (non-hydrogen) atoms. The topological polar surface area (TPSA) is 85.1 Å². The molecule has 2 aromatic carbocycles. The largest absolute Gasteiger partial charge is 0.322 e. The number of hydrogen-bond acceptors (Lipinski definition) is 5. The van der Waals surface area contributed by atoms with Crippen LogP contribution >= 0.6 is 0 Å². The first kappa shape index (κ1) is 18.6. The number of nitrogens with zero attached hydrogens (tertiary/aromatic N) is 5. The normalized spacial score (nSPS) is 10.9. The first-order valence-corrected chi connectivity index (χ1v) is 9.79. The summed E-state index contributed by atoms with van der Waals surface area (Å²) in [4.78, 5) is 16.5. The van der Waals surface area contributed by atoms with Gasteiger partial charge in [0.15, 0.2) is 11.5 Å². The SMILES string of the molecule is Cc1ccc(C(=O)Nc2ccc(-c3ccc4nnc(-c5ccncc5)n4n3)cc2)cc1. The number of anilines is 1. The van der Waals surface area contributed by atoms with Gasteiger partial charge in [-0.05, 0) is 55.5 Å². The summed E-state index contributed by atoms with van der Waals surface area (Å²) in [6.07, 6.45) is 3.42. The van der Waals surface area contributed by atoms with Crippen LogP contribution < -0.4 is 5.32 Å². The number of hydrogen-bond donors (Lipinski definition) is 1. The summed E-state index contributed by atoms with van der Waals surface area (Å²) in [6, 6.07) is 22.6. The maximum Gasteiger partial charge on any atom is 0.255 e. The van der Waals surface area contributed by atoms with Gasteiger partial charge in [0.1, 0.15) is 0 Å². The third-order valence-corrected chi connectivity index (χ3v) is 4.95. The Hall–Kier alpha value is -4.39. The van der Waals surface area contributed by atoms with Crippen molar-refractivity contribution in [2.45, 2.75) is 6.92 Å². The van der Waals surface area contributed by atoms with Crippen LogP contribution in [0.4, 0.5) is 5.69 Å². The van der Waals surface area contributed by atoms with Crippen LogP contribution in [0, 0.1) is 6.92 Å². The Bertz CT molecular complexity index is 1360. The number of carbonyl (C=O) groups excluding carboxylic acids is 1. The van der Waals surface area contributed by atoms with Gasteiger partial charge < -0.3 is 5.32 Å². The third kappa shape index (κ3) is 3.76. The number of amides is 1. The predicted octanol–water partition coefficient (Wildman–Crippen LogP) is 4.41. The molecule has 0 fully saturated rings. The van der Waals surface area contributed by atoms with E-state index < -0.39 is 0 Å². The van der Waals surface area contributed by atoms with Crippen molar-refractivity contribution >= 4 is 17.2 Å². The molecule has 1 N–H and O–H groups in total. The third-order valence-electron chi connectivity index (χ3n) is 4.95. The molecule has 0 saturated carbocycles. The van der Waals surface area contributed by atoms with E-state index in [0.29, 0.717) is 17.0 Å². The number of benzene rings is 2. The number of fused-ring (bicyclic) bond motifs is 1. The lowest BCUT2D eigenvalue weighted by atomic mass is 10.1. The van der Waals surface area contributed by atoms with Crippen molar-refractivity contribution in [2.24, 2.45) is 0 Å². The van der Waals surface area contributed by atoms with Gasteiger partial charge in [-0.25, -0.2) is 0 Å². The average Bonchev–Trinajstić information content (AvgIpc) is 3.24. The lowest BCUT2D eigenvalue weighted by Gasteiger charge is -2.07. The quantitative estimate of drug-likeness (QED) is 0.478. The van der Waals surface area contributed by atoms with Gasteiger partial charge >= 0.3 is 0 Å². The van der Waals surface area contributed by atoms with Gasteiger partial charge in [0.25, 0.3) is 5.91 Å². The Kier molecular flexibility index (Phi) is 4.68. The molecule has 0 aliphatic heterocycles. The zero-order valence-corrected chi connectivity index (χ0v) is 16.7. The second kappa shape index (κ2) is 7.79.